The molecule has 0 aliphatic heterocycles. The Kier molecular flexibility index (Phi) is 6.21. The summed E-state index contributed by atoms with van der Waals surface area (Å²) in [5.74, 6) is 1.00. The third kappa shape index (κ3) is 5.65. The first-order valence-electron chi connectivity index (χ1n) is 5.37. The van der Waals surface area contributed by atoms with Gasteiger partial charge in [-0.15, -0.1) is 18.3 Å². The molecule has 0 spiro atoms. The largest absolute Gasteiger partial charge is 0.327 e. The maximum atomic E-state index is 6.01. The first kappa shape index (κ1) is 12.3. The number of hydrogen-bond acceptors (Lipinski definition) is 2. The molecule has 2 N–H and O–H groups in total. The second-order valence-corrected chi connectivity index (χ2v) is 4.70. The highest BCUT2D eigenvalue weighted by atomic mass is 32.2. The van der Waals surface area contributed by atoms with Crippen molar-refractivity contribution >= 4 is 11.8 Å². The van der Waals surface area contributed by atoms with Crippen LogP contribution in [0.1, 0.15) is 19.3 Å². The van der Waals surface area contributed by atoms with E-state index in [1.807, 2.05) is 23.9 Å². The Balaban J connectivity index is 2.16. The minimum absolute atomic E-state index is 0.301. The van der Waals surface area contributed by atoms with Crippen molar-refractivity contribution in [3.63, 3.8) is 0 Å². The highest BCUT2D eigenvalue weighted by Crippen LogP contribution is 2.18. The molecule has 0 amide bonds. The number of nitrogens with two attached hydrogens (primary N) is 1. The van der Waals surface area contributed by atoms with Crippen molar-refractivity contribution in [1.82, 2.24) is 0 Å². The van der Waals surface area contributed by atoms with E-state index < -0.39 is 0 Å². The van der Waals surface area contributed by atoms with Gasteiger partial charge in [0.2, 0.25) is 0 Å². The zero-order chi connectivity index (χ0) is 10.9. The van der Waals surface area contributed by atoms with E-state index in [0.717, 1.165) is 25.0 Å². The van der Waals surface area contributed by atoms with Gasteiger partial charge in [-0.25, -0.2) is 0 Å². The topological polar surface area (TPSA) is 26.0 Å². The Morgan fingerprint density at radius 2 is 2.07 bits per heavy atom. The number of hydrogen-bond donors (Lipinski definition) is 1. The molecule has 1 aromatic carbocycles. The van der Waals surface area contributed by atoms with E-state index in [4.69, 9.17) is 5.73 Å². The molecule has 82 valence electrons. The molecule has 0 saturated carbocycles. The van der Waals surface area contributed by atoms with Crippen LogP contribution in [0.2, 0.25) is 0 Å². The quantitative estimate of drug-likeness (QED) is 0.433. The van der Waals surface area contributed by atoms with Crippen molar-refractivity contribution < 1.29 is 0 Å². The maximum absolute atomic E-state index is 6.01. The molecule has 0 aliphatic carbocycles. The highest BCUT2D eigenvalue weighted by molar-refractivity contribution is 7.99. The average Bonchev–Trinajstić information content (AvgIpc) is 2.28. The SMILES string of the molecule is C=CCCCC(N)CSc1ccccc1. The highest BCUT2D eigenvalue weighted by Gasteiger charge is 2.02. The van der Waals surface area contributed by atoms with Crippen molar-refractivity contribution in [1.29, 1.82) is 0 Å². The van der Waals surface area contributed by atoms with Gasteiger partial charge in [-0.1, -0.05) is 24.3 Å². The van der Waals surface area contributed by atoms with Crippen LogP contribution in [0.15, 0.2) is 47.9 Å². The first-order valence-corrected chi connectivity index (χ1v) is 6.36. The van der Waals surface area contributed by atoms with E-state index in [-0.39, 0.29) is 0 Å². The van der Waals surface area contributed by atoms with E-state index >= 15 is 0 Å². The average molecular weight is 221 g/mol. The van der Waals surface area contributed by atoms with E-state index in [9.17, 15) is 0 Å². The van der Waals surface area contributed by atoms with Gasteiger partial charge in [0.05, 0.1) is 0 Å². The number of unbranched alkanes of at least 4 members (excludes halogenated alkanes) is 1. The van der Waals surface area contributed by atoms with Crippen LogP contribution >= 0.6 is 11.8 Å². The zero-order valence-corrected chi connectivity index (χ0v) is 9.88. The Labute approximate surface area is 96.8 Å². The van der Waals surface area contributed by atoms with Crippen molar-refractivity contribution in [3.05, 3.63) is 43.0 Å². The summed E-state index contributed by atoms with van der Waals surface area (Å²) in [6.45, 7) is 3.71. The van der Waals surface area contributed by atoms with Gasteiger partial charge < -0.3 is 5.73 Å². The summed E-state index contributed by atoms with van der Waals surface area (Å²) in [7, 11) is 0. The molecule has 0 heterocycles. The molecule has 0 radical (unpaired) electrons. The Bertz CT molecular complexity index is 271. The maximum Gasteiger partial charge on any atom is 0.0134 e. The molecule has 0 fully saturated rings. The van der Waals surface area contributed by atoms with Crippen LogP contribution in [0, 0.1) is 0 Å². The van der Waals surface area contributed by atoms with Crippen LogP contribution < -0.4 is 5.73 Å². The summed E-state index contributed by atoms with van der Waals surface area (Å²) in [6, 6.07) is 10.7. The molecule has 0 saturated heterocycles. The molecule has 1 aromatic rings. The molecule has 1 unspecified atom stereocenters. The van der Waals surface area contributed by atoms with Crippen molar-refractivity contribution in [2.24, 2.45) is 5.73 Å². The van der Waals surface area contributed by atoms with E-state index in [1.54, 1.807) is 0 Å². The van der Waals surface area contributed by atoms with Gasteiger partial charge in [0.15, 0.2) is 0 Å². The smallest absolute Gasteiger partial charge is 0.0134 e. The number of rotatable bonds is 7. The number of benzene rings is 1. The third-order valence-corrected chi connectivity index (χ3v) is 3.39. The second-order valence-electron chi connectivity index (χ2n) is 3.60. The van der Waals surface area contributed by atoms with Crippen LogP contribution in [0.3, 0.4) is 0 Å². The van der Waals surface area contributed by atoms with Crippen molar-refractivity contribution in [2.75, 3.05) is 5.75 Å². The fourth-order valence-electron chi connectivity index (χ4n) is 1.33. The van der Waals surface area contributed by atoms with Gasteiger partial charge in [0, 0.05) is 16.7 Å². The van der Waals surface area contributed by atoms with Crippen LogP contribution in [0.5, 0.6) is 0 Å². The molecule has 0 aromatic heterocycles. The fourth-order valence-corrected chi connectivity index (χ4v) is 2.25. The standard InChI is InChI=1S/C13H19NS/c1-2-3-5-8-12(14)11-15-13-9-6-4-7-10-13/h2,4,6-7,9-10,12H,1,3,5,8,11,14H2. The number of allylic oxidation sites excluding steroid dienone is 1. The minimum atomic E-state index is 0.301. The molecule has 1 atom stereocenters. The zero-order valence-electron chi connectivity index (χ0n) is 9.06. The Hall–Kier alpha value is -0.730. The monoisotopic (exact) mass is 221 g/mol. The Morgan fingerprint density at radius 3 is 2.73 bits per heavy atom. The van der Waals surface area contributed by atoms with Gasteiger partial charge in [-0.2, -0.15) is 0 Å². The van der Waals surface area contributed by atoms with Crippen LogP contribution in [-0.2, 0) is 0 Å². The van der Waals surface area contributed by atoms with Crippen molar-refractivity contribution in [2.45, 2.75) is 30.2 Å². The lowest BCUT2D eigenvalue weighted by atomic mass is 10.1. The minimum Gasteiger partial charge on any atom is -0.327 e. The predicted octanol–water partition coefficient (Wildman–Crippen LogP) is 3.46. The summed E-state index contributed by atoms with van der Waals surface area (Å²) >= 11 is 1.84. The fraction of sp³-hybridized carbons (Fsp3) is 0.385. The van der Waals surface area contributed by atoms with Gasteiger partial charge >= 0.3 is 0 Å². The van der Waals surface area contributed by atoms with E-state index in [0.29, 0.717) is 6.04 Å². The van der Waals surface area contributed by atoms with Gasteiger partial charge in [-0.3, -0.25) is 0 Å². The lowest BCUT2D eigenvalue weighted by molar-refractivity contribution is 0.637. The van der Waals surface area contributed by atoms with Crippen LogP contribution in [-0.4, -0.2) is 11.8 Å². The summed E-state index contributed by atoms with van der Waals surface area (Å²) in [5, 5.41) is 0. The van der Waals surface area contributed by atoms with E-state index in [2.05, 4.69) is 30.8 Å². The molecule has 0 bridgehead atoms. The van der Waals surface area contributed by atoms with Crippen molar-refractivity contribution in [3.8, 4) is 0 Å². The summed E-state index contributed by atoms with van der Waals surface area (Å²) in [6.07, 6.45) is 5.27. The second kappa shape index (κ2) is 7.55. The summed E-state index contributed by atoms with van der Waals surface area (Å²) in [4.78, 5) is 1.30. The normalized spacial score (nSPS) is 12.3. The van der Waals surface area contributed by atoms with Gasteiger partial charge in [0.25, 0.3) is 0 Å². The predicted molar refractivity (Wildman–Crippen MR) is 69.2 cm³/mol. The number of thioether (sulfide) groups is 1. The molecule has 2 heteroatoms. The Morgan fingerprint density at radius 1 is 1.33 bits per heavy atom. The lowest BCUT2D eigenvalue weighted by Crippen LogP contribution is -2.22. The molecule has 1 nitrogen and oxygen atoms in total. The lowest BCUT2D eigenvalue weighted by Gasteiger charge is -2.10. The van der Waals surface area contributed by atoms with Crippen LogP contribution in [0.25, 0.3) is 0 Å². The molecule has 15 heavy (non-hydrogen) atoms. The van der Waals surface area contributed by atoms with Crippen LogP contribution in [0.4, 0.5) is 0 Å². The molecular weight excluding hydrogens is 202 g/mol. The summed E-state index contributed by atoms with van der Waals surface area (Å²) < 4.78 is 0. The first-order chi connectivity index (χ1) is 7.33. The summed E-state index contributed by atoms with van der Waals surface area (Å²) in [5.41, 5.74) is 6.01. The molecule has 0 aliphatic rings. The molecule has 1 rings (SSSR count). The molecular formula is C13H19NS. The van der Waals surface area contributed by atoms with Gasteiger partial charge in [-0.05, 0) is 31.4 Å². The van der Waals surface area contributed by atoms with Gasteiger partial charge in [0.1, 0.15) is 0 Å². The van der Waals surface area contributed by atoms with E-state index in [1.165, 1.54) is 4.90 Å². The third-order valence-electron chi connectivity index (χ3n) is 2.19.